The third-order valence-electron chi connectivity index (χ3n) is 1.84. The van der Waals surface area contributed by atoms with E-state index in [4.69, 9.17) is 11.5 Å². The maximum atomic E-state index is 13.4. The average molecular weight is 240 g/mol. The van der Waals surface area contributed by atoms with Crippen LogP contribution in [0.5, 0.6) is 0 Å². The Morgan fingerprint density at radius 1 is 1.41 bits per heavy atom. The lowest BCUT2D eigenvalue weighted by Crippen LogP contribution is -2.31. The smallest absolute Gasteiger partial charge is 0.319 e. The fourth-order valence-electron chi connectivity index (χ4n) is 1.10. The van der Waals surface area contributed by atoms with E-state index in [1.807, 2.05) is 5.32 Å². The number of carbonyl (C=O) groups is 1. The Morgan fingerprint density at radius 2 is 2.00 bits per heavy atom. The number of benzene rings is 1. The van der Waals surface area contributed by atoms with Gasteiger partial charge in [-0.05, 0) is 12.1 Å². The molecule has 0 saturated heterocycles. The van der Waals surface area contributed by atoms with Crippen LogP contribution in [0.1, 0.15) is 5.56 Å². The zero-order valence-electron chi connectivity index (χ0n) is 8.76. The summed E-state index contributed by atoms with van der Waals surface area (Å²) >= 11 is 0. The highest BCUT2D eigenvalue weighted by atomic mass is 19.1. The zero-order valence-corrected chi connectivity index (χ0v) is 8.76. The first kappa shape index (κ1) is 12.9. The lowest BCUT2D eigenvalue weighted by molar-refractivity contribution is 0.244. The molecular formula is C11H10F2N2O2. The second-order valence-corrected chi connectivity index (χ2v) is 3.06. The molecule has 0 spiro atoms. The quantitative estimate of drug-likeness (QED) is 0.692. The molecular weight excluding hydrogens is 230 g/mol. The molecule has 17 heavy (non-hydrogen) atoms. The summed E-state index contributed by atoms with van der Waals surface area (Å²) in [7, 11) is 0. The first-order chi connectivity index (χ1) is 8.08. The van der Waals surface area contributed by atoms with Gasteiger partial charge in [-0.15, -0.1) is 6.42 Å². The number of terminal acetylenes is 1. The number of amides is 2. The summed E-state index contributed by atoms with van der Waals surface area (Å²) in [6.07, 6.45) is 4.99. The largest absolute Gasteiger partial charge is 0.395 e. The third kappa shape index (κ3) is 3.43. The SMILES string of the molecule is C#Cc1cc(F)c(NC(=O)NCCO)c(F)c1. The van der Waals surface area contributed by atoms with Gasteiger partial charge in [0.2, 0.25) is 0 Å². The molecule has 2 amide bonds. The van der Waals surface area contributed by atoms with Crippen LogP contribution in [-0.4, -0.2) is 24.3 Å². The molecule has 0 bridgehead atoms. The van der Waals surface area contributed by atoms with Crippen molar-refractivity contribution in [1.29, 1.82) is 0 Å². The summed E-state index contributed by atoms with van der Waals surface area (Å²) in [6, 6.07) is 1.06. The van der Waals surface area contributed by atoms with E-state index >= 15 is 0 Å². The van der Waals surface area contributed by atoms with Gasteiger partial charge in [0, 0.05) is 12.1 Å². The van der Waals surface area contributed by atoms with Gasteiger partial charge >= 0.3 is 6.03 Å². The van der Waals surface area contributed by atoms with Crippen LogP contribution in [0, 0.1) is 24.0 Å². The number of carbonyl (C=O) groups excluding carboxylic acids is 1. The Bertz CT molecular complexity index is 446. The average Bonchev–Trinajstić information content (AvgIpc) is 2.30. The molecule has 4 nitrogen and oxygen atoms in total. The first-order valence-corrected chi connectivity index (χ1v) is 4.70. The topological polar surface area (TPSA) is 61.4 Å². The van der Waals surface area contributed by atoms with Crippen LogP contribution < -0.4 is 10.6 Å². The number of aliphatic hydroxyl groups is 1. The maximum absolute atomic E-state index is 13.4. The van der Waals surface area contributed by atoms with Crippen molar-refractivity contribution in [3.8, 4) is 12.3 Å². The Hall–Kier alpha value is -2.13. The lowest BCUT2D eigenvalue weighted by atomic mass is 10.2. The molecule has 0 heterocycles. The molecule has 0 aliphatic heterocycles. The third-order valence-corrected chi connectivity index (χ3v) is 1.84. The fraction of sp³-hybridized carbons (Fsp3) is 0.182. The van der Waals surface area contributed by atoms with E-state index in [-0.39, 0.29) is 18.7 Å². The van der Waals surface area contributed by atoms with Crippen molar-refractivity contribution in [2.24, 2.45) is 0 Å². The number of anilines is 1. The van der Waals surface area contributed by atoms with Crippen LogP contribution >= 0.6 is 0 Å². The van der Waals surface area contributed by atoms with Crippen molar-refractivity contribution < 1.29 is 18.7 Å². The molecule has 0 aliphatic carbocycles. The van der Waals surface area contributed by atoms with Gasteiger partial charge in [0.05, 0.1) is 6.61 Å². The Kier molecular flexibility index (Phi) is 4.43. The highest BCUT2D eigenvalue weighted by Crippen LogP contribution is 2.20. The number of nitrogens with one attached hydrogen (secondary N) is 2. The molecule has 1 rings (SSSR count). The van der Waals surface area contributed by atoms with E-state index in [0.29, 0.717) is 0 Å². The second kappa shape index (κ2) is 5.82. The van der Waals surface area contributed by atoms with Crippen LogP contribution in [0.4, 0.5) is 19.3 Å². The standard InChI is InChI=1S/C11H10F2N2O2/c1-2-7-5-8(12)10(9(13)6-7)15-11(17)14-3-4-16/h1,5-6,16H,3-4H2,(H2,14,15,17). The molecule has 90 valence electrons. The summed E-state index contributed by atoms with van der Waals surface area (Å²) in [5.41, 5.74) is -0.541. The molecule has 1 aromatic carbocycles. The van der Waals surface area contributed by atoms with Crippen LogP contribution in [0.2, 0.25) is 0 Å². The van der Waals surface area contributed by atoms with Gasteiger partial charge in [-0.2, -0.15) is 0 Å². The van der Waals surface area contributed by atoms with Gasteiger partial charge < -0.3 is 15.7 Å². The van der Waals surface area contributed by atoms with Gasteiger partial charge in [0.1, 0.15) is 5.69 Å². The predicted octanol–water partition coefficient (Wildman–Crippen LogP) is 1.06. The Morgan fingerprint density at radius 3 is 2.47 bits per heavy atom. The lowest BCUT2D eigenvalue weighted by Gasteiger charge is -2.08. The minimum absolute atomic E-state index is 0.0164. The van der Waals surface area contributed by atoms with Crippen molar-refractivity contribution >= 4 is 11.7 Å². The summed E-state index contributed by atoms with van der Waals surface area (Å²) in [4.78, 5) is 11.1. The minimum Gasteiger partial charge on any atom is -0.395 e. The van der Waals surface area contributed by atoms with Crippen molar-refractivity contribution in [3.63, 3.8) is 0 Å². The molecule has 0 radical (unpaired) electrons. The van der Waals surface area contributed by atoms with Crippen molar-refractivity contribution in [1.82, 2.24) is 5.32 Å². The highest BCUT2D eigenvalue weighted by molar-refractivity contribution is 5.89. The second-order valence-electron chi connectivity index (χ2n) is 3.06. The Balaban J connectivity index is 2.85. The van der Waals surface area contributed by atoms with Crippen LogP contribution in [0.15, 0.2) is 12.1 Å². The minimum atomic E-state index is -0.961. The molecule has 6 heteroatoms. The number of hydrogen-bond donors (Lipinski definition) is 3. The molecule has 1 aromatic rings. The fourth-order valence-corrected chi connectivity index (χ4v) is 1.10. The Labute approximate surface area is 96.6 Å². The van der Waals surface area contributed by atoms with Gasteiger partial charge in [0.15, 0.2) is 11.6 Å². The summed E-state index contributed by atoms with van der Waals surface area (Å²) < 4.78 is 26.7. The normalized spacial score (nSPS) is 9.53. The number of rotatable bonds is 3. The molecule has 0 aromatic heterocycles. The first-order valence-electron chi connectivity index (χ1n) is 4.70. The number of urea groups is 1. The summed E-state index contributed by atoms with van der Waals surface area (Å²) in [5.74, 6) is 0.160. The molecule has 0 atom stereocenters. The molecule has 0 aliphatic rings. The molecule has 0 fully saturated rings. The van der Waals surface area contributed by atoms with Crippen LogP contribution in [0.3, 0.4) is 0 Å². The van der Waals surface area contributed by atoms with Crippen LogP contribution in [-0.2, 0) is 0 Å². The van der Waals surface area contributed by atoms with E-state index in [9.17, 15) is 13.6 Å². The van der Waals surface area contributed by atoms with Gasteiger partial charge in [-0.1, -0.05) is 5.92 Å². The number of hydrogen-bond acceptors (Lipinski definition) is 2. The number of halogens is 2. The van der Waals surface area contributed by atoms with Gasteiger partial charge in [-0.3, -0.25) is 0 Å². The van der Waals surface area contributed by atoms with Gasteiger partial charge in [0.25, 0.3) is 0 Å². The van der Waals surface area contributed by atoms with Crippen molar-refractivity contribution in [3.05, 3.63) is 29.3 Å². The van der Waals surface area contributed by atoms with E-state index in [0.717, 1.165) is 12.1 Å². The summed E-state index contributed by atoms with van der Waals surface area (Å²) in [6.45, 7) is -0.286. The zero-order chi connectivity index (χ0) is 12.8. The maximum Gasteiger partial charge on any atom is 0.319 e. The van der Waals surface area contributed by atoms with E-state index in [1.165, 1.54) is 0 Å². The van der Waals surface area contributed by atoms with Crippen LogP contribution in [0.25, 0.3) is 0 Å². The monoisotopic (exact) mass is 240 g/mol. The van der Waals surface area contributed by atoms with E-state index < -0.39 is 23.4 Å². The van der Waals surface area contributed by atoms with E-state index in [1.54, 1.807) is 0 Å². The molecule has 0 unspecified atom stereocenters. The van der Waals surface area contributed by atoms with Gasteiger partial charge in [-0.25, -0.2) is 13.6 Å². The molecule has 3 N–H and O–H groups in total. The summed E-state index contributed by atoms with van der Waals surface area (Å²) in [5, 5.41) is 12.6. The highest BCUT2D eigenvalue weighted by Gasteiger charge is 2.13. The predicted molar refractivity (Wildman–Crippen MR) is 58.4 cm³/mol. The van der Waals surface area contributed by atoms with Crippen molar-refractivity contribution in [2.45, 2.75) is 0 Å². The molecule has 0 saturated carbocycles. The van der Waals surface area contributed by atoms with Crippen molar-refractivity contribution in [2.75, 3.05) is 18.5 Å². The number of aliphatic hydroxyl groups excluding tert-OH is 1. The van der Waals surface area contributed by atoms with E-state index in [2.05, 4.69) is 11.2 Å².